The van der Waals surface area contributed by atoms with Crippen LogP contribution in [0, 0.1) is 5.92 Å². The zero-order chi connectivity index (χ0) is 8.55. The molecule has 70 valence electrons. The van der Waals surface area contributed by atoms with Gasteiger partial charge in [-0.2, -0.15) is 0 Å². The maximum Gasteiger partial charge on any atom is 0.0723 e. The van der Waals surface area contributed by atoms with Gasteiger partial charge in [-0.1, -0.05) is 6.42 Å². The maximum absolute atomic E-state index is 9.94. The van der Waals surface area contributed by atoms with E-state index in [2.05, 4.69) is 11.9 Å². The molecular weight excluding hydrogens is 150 g/mol. The third kappa shape index (κ3) is 1.64. The lowest BCUT2D eigenvalue weighted by Gasteiger charge is -2.35. The van der Waals surface area contributed by atoms with E-state index in [4.69, 9.17) is 0 Å². The molecule has 0 radical (unpaired) electrons. The largest absolute Gasteiger partial charge is 0.391 e. The number of hydrogen-bond donors (Lipinski definition) is 1. The molecule has 1 N–H and O–H groups in total. The van der Waals surface area contributed by atoms with Crippen molar-refractivity contribution in [3.63, 3.8) is 0 Å². The van der Waals surface area contributed by atoms with E-state index in [-0.39, 0.29) is 6.10 Å². The topological polar surface area (TPSA) is 23.5 Å². The van der Waals surface area contributed by atoms with Crippen LogP contribution in [0.25, 0.3) is 0 Å². The zero-order valence-electron chi connectivity index (χ0n) is 7.87. The second-order valence-corrected chi connectivity index (χ2v) is 4.37. The third-order valence-corrected chi connectivity index (χ3v) is 3.33. The second-order valence-electron chi connectivity index (χ2n) is 4.37. The van der Waals surface area contributed by atoms with E-state index < -0.39 is 0 Å². The summed E-state index contributed by atoms with van der Waals surface area (Å²) < 4.78 is 0. The van der Waals surface area contributed by atoms with Crippen molar-refractivity contribution in [2.75, 3.05) is 13.6 Å². The summed E-state index contributed by atoms with van der Waals surface area (Å²) in [4.78, 5) is 2.34. The number of hydrogen-bond acceptors (Lipinski definition) is 2. The molecule has 2 atom stereocenters. The quantitative estimate of drug-likeness (QED) is 0.672. The second kappa shape index (κ2) is 3.35. The van der Waals surface area contributed by atoms with Crippen LogP contribution >= 0.6 is 0 Å². The molecule has 1 saturated heterocycles. The van der Waals surface area contributed by atoms with Gasteiger partial charge in [0, 0.05) is 6.04 Å². The minimum absolute atomic E-state index is 0.0321. The minimum atomic E-state index is -0.0321. The molecule has 0 bridgehead atoms. The van der Waals surface area contributed by atoms with Crippen LogP contribution < -0.4 is 0 Å². The Balaban J connectivity index is 1.90. The van der Waals surface area contributed by atoms with Gasteiger partial charge in [0.1, 0.15) is 0 Å². The molecule has 1 heterocycles. The van der Waals surface area contributed by atoms with Crippen molar-refractivity contribution >= 4 is 0 Å². The lowest BCUT2D eigenvalue weighted by Crippen LogP contribution is -2.45. The highest BCUT2D eigenvalue weighted by molar-refractivity contribution is 4.90. The molecule has 0 aromatic heterocycles. The normalized spacial score (nSPS) is 35.0. The van der Waals surface area contributed by atoms with Crippen molar-refractivity contribution in [3.05, 3.63) is 0 Å². The Hall–Kier alpha value is -0.0800. The van der Waals surface area contributed by atoms with Gasteiger partial charge in [0.2, 0.25) is 0 Å². The molecule has 2 heteroatoms. The van der Waals surface area contributed by atoms with Crippen LogP contribution in [0.3, 0.4) is 0 Å². The van der Waals surface area contributed by atoms with Crippen LogP contribution in [0.2, 0.25) is 0 Å². The number of aliphatic hydroxyl groups is 1. The summed E-state index contributed by atoms with van der Waals surface area (Å²) in [6.45, 7) is 1.18. The lowest BCUT2D eigenvalue weighted by molar-refractivity contribution is 0.0274. The Morgan fingerprint density at radius 2 is 2.00 bits per heavy atom. The van der Waals surface area contributed by atoms with Crippen LogP contribution in [-0.2, 0) is 0 Å². The summed E-state index contributed by atoms with van der Waals surface area (Å²) in [5, 5.41) is 9.94. The standard InChI is InChI=1S/C10H19NO/c1-11-7-3-2-4-9(11)10(12)8-5-6-8/h8-10,12H,2-7H2,1H3. The molecule has 0 aromatic rings. The first-order chi connectivity index (χ1) is 5.79. The van der Waals surface area contributed by atoms with Gasteiger partial charge in [-0.25, -0.2) is 0 Å². The average molecular weight is 169 g/mol. The van der Waals surface area contributed by atoms with E-state index in [0.29, 0.717) is 12.0 Å². The summed E-state index contributed by atoms with van der Waals surface area (Å²) in [6.07, 6.45) is 6.30. The number of likely N-dealkylation sites (tertiary alicyclic amines) is 1. The van der Waals surface area contributed by atoms with Gasteiger partial charge in [-0.3, -0.25) is 0 Å². The van der Waals surface area contributed by atoms with E-state index in [1.807, 2.05) is 0 Å². The predicted octanol–water partition coefficient (Wildman–Crippen LogP) is 1.24. The van der Waals surface area contributed by atoms with E-state index >= 15 is 0 Å². The van der Waals surface area contributed by atoms with Gasteiger partial charge in [-0.15, -0.1) is 0 Å². The molecule has 0 spiro atoms. The molecule has 2 rings (SSSR count). The first-order valence-electron chi connectivity index (χ1n) is 5.17. The molecule has 1 saturated carbocycles. The fraction of sp³-hybridized carbons (Fsp3) is 1.00. The molecule has 0 aromatic carbocycles. The lowest BCUT2D eigenvalue weighted by atomic mass is 9.95. The Bertz CT molecular complexity index is 156. The molecule has 2 aliphatic rings. The highest BCUT2D eigenvalue weighted by Crippen LogP contribution is 2.36. The highest BCUT2D eigenvalue weighted by atomic mass is 16.3. The number of nitrogens with zero attached hydrogens (tertiary/aromatic N) is 1. The Kier molecular flexibility index (Phi) is 2.37. The predicted molar refractivity (Wildman–Crippen MR) is 49.0 cm³/mol. The summed E-state index contributed by atoms with van der Waals surface area (Å²) in [6, 6.07) is 0.464. The number of likely N-dealkylation sites (N-methyl/N-ethyl adjacent to an activating group) is 1. The molecular formula is C10H19NO. The van der Waals surface area contributed by atoms with Gasteiger partial charge in [0.25, 0.3) is 0 Å². The number of rotatable bonds is 2. The molecule has 1 aliphatic heterocycles. The van der Waals surface area contributed by atoms with Crippen LogP contribution in [0.1, 0.15) is 32.1 Å². The van der Waals surface area contributed by atoms with E-state index in [9.17, 15) is 5.11 Å². The summed E-state index contributed by atoms with van der Waals surface area (Å²) in [7, 11) is 2.15. The van der Waals surface area contributed by atoms with Crippen molar-refractivity contribution in [1.82, 2.24) is 4.90 Å². The van der Waals surface area contributed by atoms with Crippen LogP contribution in [-0.4, -0.2) is 35.7 Å². The molecule has 0 amide bonds. The van der Waals surface area contributed by atoms with E-state index in [1.165, 1.54) is 38.6 Å². The van der Waals surface area contributed by atoms with Gasteiger partial charge in [-0.05, 0) is 45.2 Å². The summed E-state index contributed by atoms with van der Waals surface area (Å²) >= 11 is 0. The van der Waals surface area contributed by atoms with Crippen molar-refractivity contribution in [3.8, 4) is 0 Å². The SMILES string of the molecule is CN1CCCCC1C(O)C1CC1. The van der Waals surface area contributed by atoms with Crippen LogP contribution in [0.4, 0.5) is 0 Å². The average Bonchev–Trinajstić information content (AvgIpc) is 2.86. The Morgan fingerprint density at radius 1 is 1.25 bits per heavy atom. The maximum atomic E-state index is 9.94. The van der Waals surface area contributed by atoms with Crippen molar-refractivity contribution in [2.24, 2.45) is 5.92 Å². The zero-order valence-corrected chi connectivity index (χ0v) is 7.87. The summed E-state index contributed by atoms with van der Waals surface area (Å²) in [5.41, 5.74) is 0. The van der Waals surface area contributed by atoms with Gasteiger partial charge in [0.15, 0.2) is 0 Å². The Labute approximate surface area is 74.6 Å². The molecule has 1 aliphatic carbocycles. The fourth-order valence-corrected chi connectivity index (χ4v) is 2.28. The van der Waals surface area contributed by atoms with Gasteiger partial charge in [0.05, 0.1) is 6.10 Å². The smallest absolute Gasteiger partial charge is 0.0723 e. The molecule has 2 nitrogen and oxygen atoms in total. The fourth-order valence-electron chi connectivity index (χ4n) is 2.28. The van der Waals surface area contributed by atoms with Crippen molar-refractivity contribution < 1.29 is 5.11 Å². The minimum Gasteiger partial charge on any atom is -0.391 e. The third-order valence-electron chi connectivity index (χ3n) is 3.33. The van der Waals surface area contributed by atoms with Crippen molar-refractivity contribution in [2.45, 2.75) is 44.2 Å². The number of aliphatic hydroxyl groups excluding tert-OH is 1. The van der Waals surface area contributed by atoms with Crippen molar-refractivity contribution in [1.29, 1.82) is 0 Å². The van der Waals surface area contributed by atoms with Gasteiger partial charge >= 0.3 is 0 Å². The summed E-state index contributed by atoms with van der Waals surface area (Å²) in [5.74, 6) is 0.635. The number of piperidine rings is 1. The first-order valence-corrected chi connectivity index (χ1v) is 5.17. The first kappa shape index (κ1) is 8.52. The van der Waals surface area contributed by atoms with Gasteiger partial charge < -0.3 is 10.0 Å². The molecule has 2 fully saturated rings. The molecule has 12 heavy (non-hydrogen) atoms. The molecule has 2 unspecified atom stereocenters. The van der Waals surface area contributed by atoms with E-state index in [1.54, 1.807) is 0 Å². The van der Waals surface area contributed by atoms with Crippen LogP contribution in [0.5, 0.6) is 0 Å². The highest BCUT2D eigenvalue weighted by Gasteiger charge is 2.37. The van der Waals surface area contributed by atoms with E-state index in [0.717, 1.165) is 0 Å². The van der Waals surface area contributed by atoms with Crippen LogP contribution in [0.15, 0.2) is 0 Å². The monoisotopic (exact) mass is 169 g/mol. The Morgan fingerprint density at radius 3 is 2.58 bits per heavy atom.